The monoisotopic (exact) mass is 286 g/mol. The van der Waals surface area contributed by atoms with E-state index in [1.54, 1.807) is 6.92 Å². The second-order valence-corrected chi connectivity index (χ2v) is 5.96. The van der Waals surface area contributed by atoms with Gasteiger partial charge in [-0.15, -0.1) is 5.10 Å². The van der Waals surface area contributed by atoms with Crippen LogP contribution in [-0.4, -0.2) is 33.2 Å². The molecule has 1 atom stereocenters. The van der Waals surface area contributed by atoms with Crippen molar-refractivity contribution < 1.29 is 5.11 Å². The summed E-state index contributed by atoms with van der Waals surface area (Å²) in [4.78, 5) is 0. The molecule has 0 amide bonds. The molecule has 1 aromatic heterocycles. The molecule has 112 valence electrons. The summed E-state index contributed by atoms with van der Waals surface area (Å²) < 4.78 is 1.86. The molecular formula is C16H22N4O. The van der Waals surface area contributed by atoms with E-state index in [1.165, 1.54) is 12.8 Å². The largest absolute Gasteiger partial charge is 0.379 e. The molecule has 1 fully saturated rings. The van der Waals surface area contributed by atoms with Crippen molar-refractivity contribution in [2.24, 2.45) is 5.92 Å². The average molecular weight is 286 g/mol. The van der Waals surface area contributed by atoms with Crippen molar-refractivity contribution in [3.8, 4) is 0 Å². The Morgan fingerprint density at radius 3 is 2.71 bits per heavy atom. The SMILES string of the molecule is CC(O)(c1ccccc1)c1cn(CC2CCNCC2)nn1. The Balaban J connectivity index is 1.74. The van der Waals surface area contributed by atoms with E-state index >= 15 is 0 Å². The Labute approximate surface area is 125 Å². The van der Waals surface area contributed by atoms with Gasteiger partial charge < -0.3 is 10.4 Å². The molecule has 0 radical (unpaired) electrons. The summed E-state index contributed by atoms with van der Waals surface area (Å²) in [6.45, 7) is 4.79. The lowest BCUT2D eigenvalue weighted by atomic mass is 9.93. The summed E-state index contributed by atoms with van der Waals surface area (Å²) in [6.07, 6.45) is 4.21. The Kier molecular flexibility index (Phi) is 4.03. The van der Waals surface area contributed by atoms with Gasteiger partial charge in [0.05, 0.1) is 6.20 Å². The molecule has 3 rings (SSSR count). The van der Waals surface area contributed by atoms with Gasteiger partial charge in [-0.1, -0.05) is 35.5 Å². The zero-order chi connectivity index (χ0) is 14.7. The van der Waals surface area contributed by atoms with Crippen LogP contribution in [0.1, 0.15) is 31.0 Å². The lowest BCUT2D eigenvalue weighted by Crippen LogP contribution is -2.30. The van der Waals surface area contributed by atoms with Gasteiger partial charge in [0.15, 0.2) is 0 Å². The molecule has 5 nitrogen and oxygen atoms in total. The first kappa shape index (κ1) is 14.2. The number of aromatic nitrogens is 3. The van der Waals surface area contributed by atoms with E-state index in [0.717, 1.165) is 25.2 Å². The van der Waals surface area contributed by atoms with Gasteiger partial charge in [-0.25, -0.2) is 0 Å². The van der Waals surface area contributed by atoms with Crippen LogP contribution in [0.15, 0.2) is 36.5 Å². The number of piperidine rings is 1. The minimum Gasteiger partial charge on any atom is -0.379 e. The number of aliphatic hydroxyl groups is 1. The van der Waals surface area contributed by atoms with Gasteiger partial charge in [-0.05, 0) is 44.3 Å². The van der Waals surface area contributed by atoms with E-state index < -0.39 is 5.60 Å². The molecule has 2 heterocycles. The Bertz CT molecular complexity index is 573. The summed E-state index contributed by atoms with van der Waals surface area (Å²) in [6, 6.07) is 9.59. The van der Waals surface area contributed by atoms with Crippen molar-refractivity contribution in [2.75, 3.05) is 13.1 Å². The van der Waals surface area contributed by atoms with Gasteiger partial charge in [0.2, 0.25) is 0 Å². The smallest absolute Gasteiger partial charge is 0.132 e. The molecule has 0 bridgehead atoms. The molecule has 1 unspecified atom stereocenters. The van der Waals surface area contributed by atoms with E-state index in [9.17, 15) is 5.11 Å². The predicted molar refractivity (Wildman–Crippen MR) is 80.7 cm³/mol. The fraction of sp³-hybridized carbons (Fsp3) is 0.500. The highest BCUT2D eigenvalue weighted by Crippen LogP contribution is 2.27. The molecule has 0 spiro atoms. The standard InChI is InChI=1S/C16H22N4O/c1-16(21,14-5-3-2-4-6-14)15-12-20(19-18-15)11-13-7-9-17-10-8-13/h2-6,12-13,17,21H,7-11H2,1H3. The first-order chi connectivity index (χ1) is 10.2. The summed E-state index contributed by atoms with van der Waals surface area (Å²) in [7, 11) is 0. The topological polar surface area (TPSA) is 63.0 Å². The number of hydrogen-bond donors (Lipinski definition) is 2. The van der Waals surface area contributed by atoms with Crippen molar-refractivity contribution in [3.63, 3.8) is 0 Å². The average Bonchev–Trinajstić information content (AvgIpc) is 2.98. The minimum absolute atomic E-state index is 0.600. The van der Waals surface area contributed by atoms with Crippen LogP contribution in [0, 0.1) is 5.92 Å². The first-order valence-corrected chi connectivity index (χ1v) is 7.55. The number of hydrogen-bond acceptors (Lipinski definition) is 4. The lowest BCUT2D eigenvalue weighted by molar-refractivity contribution is 0.0972. The lowest BCUT2D eigenvalue weighted by Gasteiger charge is -2.22. The minimum atomic E-state index is -1.10. The summed E-state index contributed by atoms with van der Waals surface area (Å²) >= 11 is 0. The zero-order valence-corrected chi connectivity index (χ0v) is 12.4. The molecule has 1 aliphatic heterocycles. The molecule has 2 aromatic rings. The molecule has 1 saturated heterocycles. The molecule has 1 aromatic carbocycles. The van der Waals surface area contributed by atoms with E-state index in [-0.39, 0.29) is 0 Å². The van der Waals surface area contributed by atoms with Gasteiger partial charge in [0, 0.05) is 6.54 Å². The normalized spacial score (nSPS) is 19.3. The van der Waals surface area contributed by atoms with Crippen molar-refractivity contribution in [1.29, 1.82) is 0 Å². The van der Waals surface area contributed by atoms with Gasteiger partial charge in [0.1, 0.15) is 11.3 Å². The Morgan fingerprint density at radius 1 is 1.29 bits per heavy atom. The van der Waals surface area contributed by atoms with E-state index in [2.05, 4.69) is 15.6 Å². The van der Waals surface area contributed by atoms with Gasteiger partial charge in [-0.2, -0.15) is 0 Å². The van der Waals surface area contributed by atoms with E-state index in [4.69, 9.17) is 0 Å². The maximum absolute atomic E-state index is 10.8. The zero-order valence-electron chi connectivity index (χ0n) is 12.4. The quantitative estimate of drug-likeness (QED) is 0.895. The number of rotatable bonds is 4. The van der Waals surface area contributed by atoms with Crippen LogP contribution in [0.3, 0.4) is 0 Å². The van der Waals surface area contributed by atoms with Crippen LogP contribution in [0.2, 0.25) is 0 Å². The number of nitrogens with one attached hydrogen (secondary N) is 1. The van der Waals surface area contributed by atoms with Crippen molar-refractivity contribution >= 4 is 0 Å². The molecule has 21 heavy (non-hydrogen) atoms. The van der Waals surface area contributed by atoms with Crippen molar-refractivity contribution in [3.05, 3.63) is 47.8 Å². The summed E-state index contributed by atoms with van der Waals surface area (Å²) in [5.41, 5.74) is 0.328. The summed E-state index contributed by atoms with van der Waals surface area (Å²) in [5.74, 6) is 0.641. The molecule has 0 saturated carbocycles. The fourth-order valence-electron chi connectivity index (χ4n) is 2.85. The molecule has 2 N–H and O–H groups in total. The van der Waals surface area contributed by atoms with Gasteiger partial charge in [0.25, 0.3) is 0 Å². The highest BCUT2D eigenvalue weighted by atomic mass is 16.3. The molecular weight excluding hydrogens is 264 g/mol. The third-order valence-electron chi connectivity index (χ3n) is 4.28. The molecule has 5 heteroatoms. The maximum atomic E-state index is 10.8. The second-order valence-electron chi connectivity index (χ2n) is 5.96. The van der Waals surface area contributed by atoms with Crippen molar-refractivity contribution in [2.45, 2.75) is 31.9 Å². The third kappa shape index (κ3) is 3.14. The number of nitrogens with zero attached hydrogens (tertiary/aromatic N) is 3. The highest BCUT2D eigenvalue weighted by molar-refractivity contribution is 5.29. The first-order valence-electron chi connectivity index (χ1n) is 7.55. The fourth-order valence-corrected chi connectivity index (χ4v) is 2.85. The third-order valence-corrected chi connectivity index (χ3v) is 4.28. The Morgan fingerprint density at radius 2 is 2.00 bits per heavy atom. The van der Waals surface area contributed by atoms with Crippen LogP contribution in [0.4, 0.5) is 0 Å². The van der Waals surface area contributed by atoms with Crippen LogP contribution >= 0.6 is 0 Å². The van der Waals surface area contributed by atoms with Gasteiger partial charge in [-0.3, -0.25) is 4.68 Å². The second kappa shape index (κ2) is 5.95. The molecule has 0 aliphatic carbocycles. The maximum Gasteiger partial charge on any atom is 0.132 e. The van der Waals surface area contributed by atoms with Crippen LogP contribution < -0.4 is 5.32 Å². The number of benzene rings is 1. The van der Waals surface area contributed by atoms with E-state index in [0.29, 0.717) is 11.6 Å². The van der Waals surface area contributed by atoms with Gasteiger partial charge >= 0.3 is 0 Å². The molecule has 1 aliphatic rings. The van der Waals surface area contributed by atoms with Crippen molar-refractivity contribution in [1.82, 2.24) is 20.3 Å². The van der Waals surface area contributed by atoms with Crippen LogP contribution in [-0.2, 0) is 12.1 Å². The highest BCUT2D eigenvalue weighted by Gasteiger charge is 2.29. The van der Waals surface area contributed by atoms with Crippen LogP contribution in [0.25, 0.3) is 0 Å². The van der Waals surface area contributed by atoms with Crippen LogP contribution in [0.5, 0.6) is 0 Å². The predicted octanol–water partition coefficient (Wildman–Crippen LogP) is 1.53. The summed E-state index contributed by atoms with van der Waals surface area (Å²) in [5, 5.41) is 22.5. The van der Waals surface area contributed by atoms with E-state index in [1.807, 2.05) is 41.2 Å². The Hall–Kier alpha value is -1.72.